The monoisotopic (exact) mass is 365 g/mol. The molecule has 0 bridgehead atoms. The number of carbonyl (C=O) groups is 1. The molecule has 26 heavy (non-hydrogen) atoms. The second kappa shape index (κ2) is 6.96. The van der Waals surface area contributed by atoms with Crippen LogP contribution in [0.15, 0.2) is 59.7 Å². The quantitative estimate of drug-likeness (QED) is 0.829. The molecule has 1 amide bonds. The molecule has 132 valence electrons. The molecule has 0 N–H and O–H groups in total. The van der Waals surface area contributed by atoms with Crippen LogP contribution >= 0.6 is 11.8 Å². The summed E-state index contributed by atoms with van der Waals surface area (Å²) in [5.41, 5.74) is 1.12. The molecule has 2 aliphatic rings. The summed E-state index contributed by atoms with van der Waals surface area (Å²) in [6.45, 7) is 3.14. The van der Waals surface area contributed by atoms with E-state index in [2.05, 4.69) is 9.98 Å². The highest BCUT2D eigenvalue weighted by atomic mass is 32.2. The maximum absolute atomic E-state index is 12.6. The van der Waals surface area contributed by atoms with Crippen LogP contribution in [-0.2, 0) is 4.79 Å². The van der Waals surface area contributed by atoms with E-state index in [-0.39, 0.29) is 5.91 Å². The van der Waals surface area contributed by atoms with Crippen molar-refractivity contribution in [1.29, 1.82) is 0 Å². The maximum Gasteiger partial charge on any atom is 0.264 e. The second-order valence-electron chi connectivity index (χ2n) is 6.37. The van der Waals surface area contributed by atoms with E-state index < -0.39 is 4.75 Å². The summed E-state index contributed by atoms with van der Waals surface area (Å²) >= 11 is 1.51. The number of anilines is 1. The summed E-state index contributed by atoms with van der Waals surface area (Å²) < 4.78 is 5.05. The van der Waals surface area contributed by atoms with Gasteiger partial charge in [-0.1, -0.05) is 54.2 Å². The minimum absolute atomic E-state index is 0.0980. The predicted octanol–water partition coefficient (Wildman–Crippen LogP) is 3.77. The number of thioether (sulfide) groups is 1. The highest BCUT2D eigenvalue weighted by molar-refractivity contribution is 8.16. The Morgan fingerprint density at radius 3 is 2.96 bits per heavy atom. The van der Waals surface area contributed by atoms with Crippen LogP contribution < -0.4 is 9.64 Å². The van der Waals surface area contributed by atoms with Crippen molar-refractivity contribution < 1.29 is 9.53 Å². The Labute approximate surface area is 156 Å². The van der Waals surface area contributed by atoms with Crippen molar-refractivity contribution in [1.82, 2.24) is 4.98 Å². The van der Waals surface area contributed by atoms with Gasteiger partial charge in [0.1, 0.15) is 11.4 Å². The topological polar surface area (TPSA) is 54.8 Å². The van der Waals surface area contributed by atoms with E-state index in [1.54, 1.807) is 6.20 Å². The Morgan fingerprint density at radius 2 is 2.12 bits per heavy atom. The number of carbonyl (C=O) groups excluding carboxylic acids is 1. The van der Waals surface area contributed by atoms with Gasteiger partial charge in [-0.15, -0.1) is 0 Å². The fourth-order valence-corrected chi connectivity index (χ4v) is 4.07. The number of allylic oxidation sites excluding steroid dienone is 1. The number of hydrogen-bond donors (Lipinski definition) is 0. The zero-order chi connectivity index (χ0) is 18.0. The van der Waals surface area contributed by atoms with Gasteiger partial charge in [-0.25, -0.2) is 4.98 Å². The summed E-state index contributed by atoms with van der Waals surface area (Å²) in [6, 6.07) is 13.8. The third-order valence-electron chi connectivity index (χ3n) is 4.39. The third-order valence-corrected chi connectivity index (χ3v) is 5.68. The van der Waals surface area contributed by atoms with Gasteiger partial charge in [-0.2, -0.15) is 4.99 Å². The molecular formula is C20H19N3O2S. The first-order valence-corrected chi connectivity index (χ1v) is 9.36. The second-order valence-corrected chi connectivity index (χ2v) is 7.85. The summed E-state index contributed by atoms with van der Waals surface area (Å²) in [4.78, 5) is 23.3. The van der Waals surface area contributed by atoms with Crippen LogP contribution in [0, 0.1) is 0 Å². The molecule has 4 rings (SSSR count). The van der Waals surface area contributed by atoms with Gasteiger partial charge in [0.15, 0.2) is 16.7 Å². The Hall–Kier alpha value is -2.60. The van der Waals surface area contributed by atoms with Gasteiger partial charge >= 0.3 is 0 Å². The lowest BCUT2D eigenvalue weighted by Gasteiger charge is -2.29. The number of rotatable bonds is 3. The molecule has 1 aromatic carbocycles. The Kier molecular flexibility index (Phi) is 4.51. The molecule has 1 unspecified atom stereocenters. The number of ether oxygens (including phenoxy) is 1. The molecule has 3 heterocycles. The molecule has 0 radical (unpaired) electrons. The van der Waals surface area contributed by atoms with Crippen LogP contribution in [0.25, 0.3) is 6.08 Å². The largest absolute Gasteiger partial charge is 0.488 e. The van der Waals surface area contributed by atoms with Gasteiger partial charge in [0.2, 0.25) is 0 Å². The van der Waals surface area contributed by atoms with Crippen molar-refractivity contribution in [3.8, 4) is 5.75 Å². The Bertz CT molecular complexity index is 882. The van der Waals surface area contributed by atoms with Crippen LogP contribution in [0.3, 0.4) is 0 Å². The number of aromatic nitrogens is 1. The van der Waals surface area contributed by atoms with E-state index in [0.717, 1.165) is 17.1 Å². The summed E-state index contributed by atoms with van der Waals surface area (Å²) in [5.74, 6) is 1.35. The summed E-state index contributed by atoms with van der Waals surface area (Å²) in [5, 5.41) is 0.703. The van der Waals surface area contributed by atoms with E-state index in [0.29, 0.717) is 24.7 Å². The van der Waals surface area contributed by atoms with Gasteiger partial charge in [-0.05, 0) is 31.0 Å². The SMILES string of the molecule is CC1(C/C=C/c2ccccc2)SC(N2CCOc3cccnc32)=NC1=O. The number of fused-ring (bicyclic) bond motifs is 1. The number of benzene rings is 1. The maximum atomic E-state index is 12.6. The molecule has 2 aliphatic heterocycles. The van der Waals surface area contributed by atoms with Gasteiger partial charge in [0.25, 0.3) is 5.91 Å². The number of amidine groups is 1. The van der Waals surface area contributed by atoms with Gasteiger partial charge in [0, 0.05) is 6.20 Å². The van der Waals surface area contributed by atoms with E-state index >= 15 is 0 Å². The van der Waals surface area contributed by atoms with E-state index in [1.807, 2.05) is 66.4 Å². The lowest BCUT2D eigenvalue weighted by molar-refractivity contribution is -0.119. The zero-order valence-corrected chi connectivity index (χ0v) is 15.3. The van der Waals surface area contributed by atoms with Crippen LogP contribution in [0.2, 0.25) is 0 Å². The Morgan fingerprint density at radius 1 is 1.27 bits per heavy atom. The van der Waals surface area contributed by atoms with E-state index in [1.165, 1.54) is 11.8 Å². The van der Waals surface area contributed by atoms with Gasteiger partial charge in [-0.3, -0.25) is 9.69 Å². The average Bonchev–Trinajstić information content (AvgIpc) is 2.97. The molecule has 5 nitrogen and oxygen atoms in total. The fraction of sp³-hybridized carbons (Fsp3) is 0.250. The van der Waals surface area contributed by atoms with Crippen molar-refractivity contribution in [3.05, 3.63) is 60.3 Å². The molecule has 1 atom stereocenters. The van der Waals surface area contributed by atoms with Crippen LogP contribution in [0.1, 0.15) is 18.9 Å². The first kappa shape index (κ1) is 16.8. The van der Waals surface area contributed by atoms with Crippen molar-refractivity contribution >= 4 is 34.7 Å². The van der Waals surface area contributed by atoms with Crippen LogP contribution in [0.5, 0.6) is 5.75 Å². The first-order chi connectivity index (χ1) is 12.7. The van der Waals surface area contributed by atoms with Gasteiger partial charge in [0.05, 0.1) is 6.54 Å². The van der Waals surface area contributed by atoms with E-state index in [9.17, 15) is 4.79 Å². The molecule has 2 aromatic rings. The highest BCUT2D eigenvalue weighted by Gasteiger charge is 2.43. The van der Waals surface area contributed by atoms with Gasteiger partial charge < -0.3 is 4.74 Å². The number of aliphatic imine (C=N–C) groups is 1. The summed E-state index contributed by atoms with van der Waals surface area (Å²) in [7, 11) is 0. The van der Waals surface area contributed by atoms with Crippen LogP contribution in [-0.4, -0.2) is 34.0 Å². The molecule has 0 spiro atoms. The molecule has 0 aliphatic carbocycles. The lowest BCUT2D eigenvalue weighted by Crippen LogP contribution is -2.37. The standard InChI is InChI=1S/C20H19N3O2S/c1-20(11-5-9-15-7-3-2-4-8-15)18(24)22-19(26-20)23-13-14-25-16-10-6-12-21-17(16)23/h2-10,12H,11,13-14H2,1H3/b9-5+. The molecule has 0 saturated carbocycles. The minimum Gasteiger partial charge on any atom is -0.488 e. The first-order valence-electron chi connectivity index (χ1n) is 8.55. The summed E-state index contributed by atoms with van der Waals surface area (Å²) in [6.07, 6.45) is 6.44. The van der Waals surface area contributed by atoms with Crippen molar-refractivity contribution in [2.24, 2.45) is 4.99 Å². The van der Waals surface area contributed by atoms with Crippen molar-refractivity contribution in [2.45, 2.75) is 18.1 Å². The molecule has 6 heteroatoms. The normalized spacial score (nSPS) is 22.3. The molecular weight excluding hydrogens is 346 g/mol. The minimum atomic E-state index is -0.589. The number of pyridine rings is 1. The number of hydrogen-bond acceptors (Lipinski definition) is 5. The zero-order valence-electron chi connectivity index (χ0n) is 14.5. The molecule has 0 saturated heterocycles. The predicted molar refractivity (Wildman–Crippen MR) is 106 cm³/mol. The third kappa shape index (κ3) is 3.24. The van der Waals surface area contributed by atoms with Crippen molar-refractivity contribution in [3.63, 3.8) is 0 Å². The lowest BCUT2D eigenvalue weighted by atomic mass is 10.1. The van der Waals surface area contributed by atoms with Crippen molar-refractivity contribution in [2.75, 3.05) is 18.1 Å². The molecule has 0 fully saturated rings. The van der Waals surface area contributed by atoms with E-state index in [4.69, 9.17) is 4.74 Å². The smallest absolute Gasteiger partial charge is 0.264 e. The van der Waals surface area contributed by atoms with Crippen LogP contribution in [0.4, 0.5) is 5.82 Å². The Balaban J connectivity index is 1.50. The number of nitrogens with zero attached hydrogens (tertiary/aromatic N) is 3. The number of amides is 1. The average molecular weight is 365 g/mol. The fourth-order valence-electron chi connectivity index (χ4n) is 2.94. The molecule has 1 aromatic heterocycles. The highest BCUT2D eigenvalue weighted by Crippen LogP contribution is 2.41.